The summed E-state index contributed by atoms with van der Waals surface area (Å²) in [5, 5.41) is 9.36. The number of hydrogen-bond donors (Lipinski definition) is 0. The predicted octanol–water partition coefficient (Wildman–Crippen LogP) is 3.88. The summed E-state index contributed by atoms with van der Waals surface area (Å²) in [7, 11) is 0. The lowest BCUT2D eigenvalue weighted by atomic mass is 9.97. The lowest BCUT2D eigenvalue weighted by molar-refractivity contribution is 0.604. The van der Waals surface area contributed by atoms with Crippen molar-refractivity contribution in [1.82, 2.24) is 0 Å². The molecule has 0 aromatic heterocycles. The summed E-state index contributed by atoms with van der Waals surface area (Å²) in [5.41, 5.74) is 1.25. The summed E-state index contributed by atoms with van der Waals surface area (Å²) in [5.74, 6) is -0.355. The number of nitriles is 1. The zero-order chi connectivity index (χ0) is 11.4. The topological polar surface area (TPSA) is 23.8 Å². The summed E-state index contributed by atoms with van der Waals surface area (Å²) in [4.78, 5) is 0. The van der Waals surface area contributed by atoms with Crippen molar-refractivity contribution >= 4 is 11.6 Å². The number of hydrogen-bond acceptors (Lipinski definition) is 1. The smallest absolute Gasteiger partial charge is 0.126 e. The first-order chi connectivity index (χ1) is 7.08. The van der Waals surface area contributed by atoms with Crippen LogP contribution in [0.5, 0.6) is 0 Å². The highest BCUT2D eigenvalue weighted by atomic mass is 35.5. The Morgan fingerprint density at radius 3 is 2.73 bits per heavy atom. The molecule has 3 heteroatoms. The van der Waals surface area contributed by atoms with Crippen LogP contribution in [-0.2, 0) is 6.42 Å². The molecule has 1 aromatic rings. The fourth-order valence-corrected chi connectivity index (χ4v) is 1.69. The molecule has 0 aliphatic rings. The molecule has 1 aromatic carbocycles. The van der Waals surface area contributed by atoms with Gasteiger partial charge in [0.2, 0.25) is 0 Å². The molecule has 0 spiro atoms. The van der Waals surface area contributed by atoms with Gasteiger partial charge in [0, 0.05) is 5.02 Å². The van der Waals surface area contributed by atoms with Crippen LogP contribution in [0.3, 0.4) is 0 Å². The molecular weight excluding hydrogens is 213 g/mol. The van der Waals surface area contributed by atoms with E-state index in [-0.39, 0.29) is 11.7 Å². The third kappa shape index (κ3) is 2.94. The van der Waals surface area contributed by atoms with E-state index < -0.39 is 0 Å². The minimum absolute atomic E-state index is 0.0930. The van der Waals surface area contributed by atoms with E-state index in [9.17, 15) is 4.39 Å². The van der Waals surface area contributed by atoms with Gasteiger partial charge < -0.3 is 0 Å². The minimum Gasteiger partial charge on any atom is -0.207 e. The van der Waals surface area contributed by atoms with Crippen molar-refractivity contribution in [3.05, 3.63) is 34.1 Å². The van der Waals surface area contributed by atoms with E-state index in [1.165, 1.54) is 6.07 Å². The number of rotatable bonds is 3. The standard InChI is InChI=1S/C12H13ClFN/c1-3-9(7-15)5-10-6-12(14)8(2)4-11(10)13/h4,6,9H,3,5H2,1-2H3. The maximum absolute atomic E-state index is 13.3. The molecule has 15 heavy (non-hydrogen) atoms. The molecular formula is C12H13ClFN. The van der Waals surface area contributed by atoms with Crippen LogP contribution in [0.1, 0.15) is 24.5 Å². The fraction of sp³-hybridized carbons (Fsp3) is 0.417. The molecule has 0 N–H and O–H groups in total. The molecule has 0 saturated heterocycles. The molecule has 0 saturated carbocycles. The van der Waals surface area contributed by atoms with Crippen LogP contribution in [0.15, 0.2) is 12.1 Å². The third-order valence-corrected chi connectivity index (χ3v) is 2.82. The van der Waals surface area contributed by atoms with Crippen LogP contribution >= 0.6 is 11.6 Å². The van der Waals surface area contributed by atoms with Gasteiger partial charge in [-0.1, -0.05) is 18.5 Å². The van der Waals surface area contributed by atoms with Crippen molar-refractivity contribution in [2.45, 2.75) is 26.7 Å². The second-order valence-electron chi connectivity index (χ2n) is 3.63. The van der Waals surface area contributed by atoms with Crippen LogP contribution in [0.4, 0.5) is 4.39 Å². The molecule has 0 radical (unpaired) electrons. The van der Waals surface area contributed by atoms with E-state index in [1.807, 2.05) is 6.92 Å². The van der Waals surface area contributed by atoms with Crippen LogP contribution < -0.4 is 0 Å². The van der Waals surface area contributed by atoms with Gasteiger partial charge in [-0.25, -0.2) is 4.39 Å². The Balaban J connectivity index is 2.96. The quantitative estimate of drug-likeness (QED) is 0.766. The van der Waals surface area contributed by atoms with Crippen LogP contribution in [-0.4, -0.2) is 0 Å². The summed E-state index contributed by atoms with van der Waals surface area (Å²) in [6.07, 6.45) is 1.27. The monoisotopic (exact) mass is 225 g/mol. The van der Waals surface area contributed by atoms with E-state index in [1.54, 1.807) is 13.0 Å². The van der Waals surface area contributed by atoms with E-state index in [4.69, 9.17) is 16.9 Å². The number of nitrogens with zero attached hydrogens (tertiary/aromatic N) is 1. The Kier molecular flexibility index (Phi) is 4.11. The highest BCUT2D eigenvalue weighted by Crippen LogP contribution is 2.23. The molecule has 0 bridgehead atoms. The Morgan fingerprint density at radius 1 is 1.53 bits per heavy atom. The summed E-state index contributed by atoms with van der Waals surface area (Å²) < 4.78 is 13.3. The molecule has 0 amide bonds. The second kappa shape index (κ2) is 5.14. The molecule has 1 rings (SSSR count). The average Bonchev–Trinajstić information content (AvgIpc) is 2.21. The van der Waals surface area contributed by atoms with Crippen molar-refractivity contribution in [2.24, 2.45) is 5.92 Å². The Labute approximate surface area is 94.5 Å². The van der Waals surface area contributed by atoms with Gasteiger partial charge in [0.25, 0.3) is 0 Å². The normalized spacial score (nSPS) is 12.2. The molecule has 0 aliphatic heterocycles. The molecule has 0 aliphatic carbocycles. The van der Waals surface area contributed by atoms with Gasteiger partial charge >= 0.3 is 0 Å². The van der Waals surface area contributed by atoms with Crippen molar-refractivity contribution < 1.29 is 4.39 Å². The molecule has 1 nitrogen and oxygen atoms in total. The van der Waals surface area contributed by atoms with Gasteiger partial charge in [-0.15, -0.1) is 0 Å². The largest absolute Gasteiger partial charge is 0.207 e. The van der Waals surface area contributed by atoms with Gasteiger partial charge in [0.15, 0.2) is 0 Å². The van der Waals surface area contributed by atoms with Gasteiger partial charge in [-0.3, -0.25) is 0 Å². The molecule has 1 unspecified atom stereocenters. The fourth-order valence-electron chi connectivity index (χ4n) is 1.39. The van der Waals surface area contributed by atoms with Crippen molar-refractivity contribution in [3.63, 3.8) is 0 Å². The molecule has 1 atom stereocenters. The minimum atomic E-state index is -0.262. The Bertz CT molecular complexity index is 395. The first-order valence-electron chi connectivity index (χ1n) is 4.92. The van der Waals surface area contributed by atoms with E-state index >= 15 is 0 Å². The van der Waals surface area contributed by atoms with Crippen molar-refractivity contribution in [2.75, 3.05) is 0 Å². The maximum Gasteiger partial charge on any atom is 0.126 e. The van der Waals surface area contributed by atoms with Crippen LogP contribution in [0.2, 0.25) is 5.02 Å². The second-order valence-corrected chi connectivity index (χ2v) is 4.04. The lowest BCUT2D eigenvalue weighted by Crippen LogP contribution is -2.01. The molecule has 0 fully saturated rings. The van der Waals surface area contributed by atoms with Gasteiger partial charge in [-0.05, 0) is 43.0 Å². The first kappa shape index (κ1) is 12.0. The number of aryl methyl sites for hydroxylation is 1. The highest BCUT2D eigenvalue weighted by Gasteiger charge is 2.11. The predicted molar refractivity (Wildman–Crippen MR) is 59.2 cm³/mol. The molecule has 80 valence electrons. The Hall–Kier alpha value is -1.07. The first-order valence-corrected chi connectivity index (χ1v) is 5.30. The van der Waals surface area contributed by atoms with Gasteiger partial charge in [-0.2, -0.15) is 5.26 Å². The lowest BCUT2D eigenvalue weighted by Gasteiger charge is -2.09. The van der Waals surface area contributed by atoms with Crippen molar-refractivity contribution in [1.29, 1.82) is 5.26 Å². The summed E-state index contributed by atoms with van der Waals surface area (Å²) >= 11 is 5.98. The zero-order valence-corrected chi connectivity index (χ0v) is 9.61. The van der Waals surface area contributed by atoms with E-state index in [0.717, 1.165) is 6.42 Å². The van der Waals surface area contributed by atoms with E-state index in [2.05, 4.69) is 6.07 Å². The number of benzene rings is 1. The Morgan fingerprint density at radius 2 is 2.20 bits per heavy atom. The van der Waals surface area contributed by atoms with Crippen LogP contribution in [0.25, 0.3) is 0 Å². The summed E-state index contributed by atoms with van der Waals surface area (Å²) in [6.45, 7) is 3.61. The zero-order valence-electron chi connectivity index (χ0n) is 8.85. The SMILES string of the molecule is CCC(C#N)Cc1cc(F)c(C)cc1Cl. The molecule has 0 heterocycles. The van der Waals surface area contributed by atoms with Gasteiger partial charge in [0.1, 0.15) is 5.82 Å². The highest BCUT2D eigenvalue weighted by molar-refractivity contribution is 6.31. The van der Waals surface area contributed by atoms with Crippen molar-refractivity contribution in [3.8, 4) is 6.07 Å². The van der Waals surface area contributed by atoms with E-state index in [0.29, 0.717) is 22.6 Å². The summed E-state index contributed by atoms with van der Waals surface area (Å²) in [6, 6.07) is 5.22. The maximum atomic E-state index is 13.3. The average molecular weight is 226 g/mol. The number of halogens is 2. The third-order valence-electron chi connectivity index (χ3n) is 2.47. The van der Waals surface area contributed by atoms with Gasteiger partial charge in [0.05, 0.1) is 12.0 Å². The van der Waals surface area contributed by atoms with Crippen LogP contribution in [0, 0.1) is 30.0 Å².